The predicted molar refractivity (Wildman–Crippen MR) is 78.9 cm³/mol. The van der Waals surface area contributed by atoms with E-state index in [0.717, 1.165) is 28.5 Å². The third-order valence-electron chi connectivity index (χ3n) is 3.64. The summed E-state index contributed by atoms with van der Waals surface area (Å²) >= 11 is 0. The first-order chi connectivity index (χ1) is 9.17. The molecule has 100 valence electrons. The molecule has 0 aromatic heterocycles. The molecule has 0 saturated carbocycles. The van der Waals surface area contributed by atoms with Crippen molar-refractivity contribution < 1.29 is 9.53 Å². The van der Waals surface area contributed by atoms with E-state index in [2.05, 4.69) is 13.8 Å². The summed E-state index contributed by atoms with van der Waals surface area (Å²) in [5.74, 6) is 1.46. The van der Waals surface area contributed by atoms with Crippen LogP contribution in [0.25, 0.3) is 10.8 Å². The Labute approximate surface area is 114 Å². The van der Waals surface area contributed by atoms with Crippen molar-refractivity contribution in [1.29, 1.82) is 0 Å². The minimum absolute atomic E-state index is 0.216. The smallest absolute Gasteiger partial charge is 0.163 e. The van der Waals surface area contributed by atoms with E-state index in [1.54, 1.807) is 7.11 Å². The van der Waals surface area contributed by atoms with Crippen molar-refractivity contribution in [2.24, 2.45) is 5.92 Å². The number of rotatable bonds is 5. The second-order valence-corrected chi connectivity index (χ2v) is 5.00. The van der Waals surface area contributed by atoms with Gasteiger partial charge in [0, 0.05) is 17.4 Å². The largest absolute Gasteiger partial charge is 0.496 e. The lowest BCUT2D eigenvalue weighted by Crippen LogP contribution is -2.06. The minimum atomic E-state index is 0.216. The second kappa shape index (κ2) is 5.87. The van der Waals surface area contributed by atoms with Crippen molar-refractivity contribution >= 4 is 16.6 Å². The number of ether oxygens (including phenoxy) is 1. The Bertz CT molecular complexity index is 587. The summed E-state index contributed by atoms with van der Waals surface area (Å²) in [5, 5.41) is 1.98. The molecule has 0 heterocycles. The van der Waals surface area contributed by atoms with Gasteiger partial charge in [0.1, 0.15) is 5.75 Å². The molecule has 2 aromatic carbocycles. The number of Topliss-reactive ketones (excluding diaryl/α,β-unsaturated/α-hetero) is 1. The summed E-state index contributed by atoms with van der Waals surface area (Å²) in [6.07, 6.45) is 1.63. The maximum absolute atomic E-state index is 12.4. The molecule has 2 nitrogen and oxygen atoms in total. The van der Waals surface area contributed by atoms with Gasteiger partial charge in [-0.3, -0.25) is 4.79 Å². The van der Waals surface area contributed by atoms with Crippen LogP contribution in [-0.4, -0.2) is 12.9 Å². The van der Waals surface area contributed by atoms with Gasteiger partial charge in [-0.2, -0.15) is 0 Å². The van der Waals surface area contributed by atoms with Crippen LogP contribution in [0.5, 0.6) is 5.75 Å². The number of carbonyl (C=O) groups is 1. The summed E-state index contributed by atoms with van der Waals surface area (Å²) in [6, 6.07) is 11.7. The number of ketones is 1. The standard InChI is InChI=1S/C17H20O2/c1-4-12(2)11-16(18)14-9-10-17(19-3)15-8-6-5-7-13(14)15/h5-10,12H,4,11H2,1-3H3. The van der Waals surface area contributed by atoms with Gasteiger partial charge in [-0.1, -0.05) is 44.5 Å². The van der Waals surface area contributed by atoms with E-state index in [9.17, 15) is 4.79 Å². The van der Waals surface area contributed by atoms with Crippen LogP contribution in [-0.2, 0) is 0 Å². The lowest BCUT2D eigenvalue weighted by molar-refractivity contribution is 0.0965. The highest BCUT2D eigenvalue weighted by Crippen LogP contribution is 2.29. The average Bonchev–Trinajstić information content (AvgIpc) is 2.45. The first kappa shape index (κ1) is 13.6. The summed E-state index contributed by atoms with van der Waals surface area (Å²) < 4.78 is 5.35. The van der Waals surface area contributed by atoms with Gasteiger partial charge < -0.3 is 4.74 Å². The van der Waals surface area contributed by atoms with E-state index >= 15 is 0 Å². The van der Waals surface area contributed by atoms with Crippen molar-refractivity contribution in [2.45, 2.75) is 26.7 Å². The fraction of sp³-hybridized carbons (Fsp3) is 0.353. The molecular weight excluding hydrogens is 236 g/mol. The third kappa shape index (κ3) is 2.78. The Kier molecular flexibility index (Phi) is 4.20. The van der Waals surface area contributed by atoms with Crippen molar-refractivity contribution in [3.8, 4) is 5.75 Å². The molecule has 0 bridgehead atoms. The molecule has 0 spiro atoms. The maximum Gasteiger partial charge on any atom is 0.163 e. The van der Waals surface area contributed by atoms with Crippen LogP contribution in [0.4, 0.5) is 0 Å². The lowest BCUT2D eigenvalue weighted by Gasteiger charge is -2.11. The number of methoxy groups -OCH3 is 1. The zero-order chi connectivity index (χ0) is 13.8. The fourth-order valence-corrected chi connectivity index (χ4v) is 2.26. The number of fused-ring (bicyclic) bond motifs is 1. The van der Waals surface area contributed by atoms with Crippen LogP contribution in [0.15, 0.2) is 36.4 Å². The number of carbonyl (C=O) groups excluding carboxylic acids is 1. The summed E-state index contributed by atoms with van der Waals surface area (Å²) in [5.41, 5.74) is 0.803. The van der Waals surface area contributed by atoms with Crippen LogP contribution in [0, 0.1) is 5.92 Å². The van der Waals surface area contributed by atoms with Crippen molar-refractivity contribution in [2.75, 3.05) is 7.11 Å². The quantitative estimate of drug-likeness (QED) is 0.738. The monoisotopic (exact) mass is 256 g/mol. The van der Waals surface area contributed by atoms with Crippen LogP contribution in [0.1, 0.15) is 37.0 Å². The topological polar surface area (TPSA) is 26.3 Å². The van der Waals surface area contributed by atoms with Crippen molar-refractivity contribution in [3.05, 3.63) is 42.0 Å². The Balaban J connectivity index is 2.47. The average molecular weight is 256 g/mol. The Morgan fingerprint density at radius 1 is 1.16 bits per heavy atom. The van der Waals surface area contributed by atoms with Crippen LogP contribution < -0.4 is 4.74 Å². The first-order valence-electron chi connectivity index (χ1n) is 6.76. The van der Waals surface area contributed by atoms with Gasteiger partial charge in [-0.25, -0.2) is 0 Å². The normalized spacial score (nSPS) is 12.4. The van der Waals surface area contributed by atoms with Crippen molar-refractivity contribution in [1.82, 2.24) is 0 Å². The molecule has 1 unspecified atom stereocenters. The van der Waals surface area contributed by atoms with E-state index < -0.39 is 0 Å². The molecular formula is C17H20O2. The molecule has 2 aromatic rings. The molecule has 0 saturated heterocycles. The molecule has 0 aliphatic rings. The van der Waals surface area contributed by atoms with Crippen LogP contribution in [0.2, 0.25) is 0 Å². The molecule has 0 aliphatic carbocycles. The summed E-state index contributed by atoms with van der Waals surface area (Å²) in [4.78, 5) is 12.4. The zero-order valence-corrected chi connectivity index (χ0v) is 11.8. The van der Waals surface area contributed by atoms with Crippen LogP contribution in [0.3, 0.4) is 0 Å². The summed E-state index contributed by atoms with van der Waals surface area (Å²) in [6.45, 7) is 4.23. The van der Waals surface area contributed by atoms with Gasteiger partial charge >= 0.3 is 0 Å². The van der Waals surface area contributed by atoms with Gasteiger partial charge in [0.05, 0.1) is 7.11 Å². The number of hydrogen-bond donors (Lipinski definition) is 0. The molecule has 0 radical (unpaired) electrons. The van der Waals surface area contributed by atoms with Gasteiger partial charge in [0.25, 0.3) is 0 Å². The van der Waals surface area contributed by atoms with Crippen LogP contribution >= 0.6 is 0 Å². The molecule has 0 aliphatic heterocycles. The van der Waals surface area contributed by atoms with E-state index in [1.165, 1.54) is 0 Å². The molecule has 0 fully saturated rings. The molecule has 19 heavy (non-hydrogen) atoms. The highest BCUT2D eigenvalue weighted by molar-refractivity contribution is 6.09. The van der Waals surface area contributed by atoms with Gasteiger partial charge in [0.15, 0.2) is 5.78 Å². The van der Waals surface area contributed by atoms with E-state index in [-0.39, 0.29) is 5.78 Å². The van der Waals surface area contributed by atoms with Crippen molar-refractivity contribution in [3.63, 3.8) is 0 Å². The Morgan fingerprint density at radius 3 is 2.47 bits per heavy atom. The Hall–Kier alpha value is -1.83. The third-order valence-corrected chi connectivity index (χ3v) is 3.64. The SMILES string of the molecule is CCC(C)CC(=O)c1ccc(OC)c2ccccc12. The van der Waals surface area contributed by atoms with E-state index in [0.29, 0.717) is 12.3 Å². The molecule has 2 rings (SSSR count). The van der Waals surface area contributed by atoms with Gasteiger partial charge in [0.2, 0.25) is 0 Å². The maximum atomic E-state index is 12.4. The molecule has 0 amide bonds. The summed E-state index contributed by atoms with van der Waals surface area (Å²) in [7, 11) is 1.66. The van der Waals surface area contributed by atoms with Gasteiger partial charge in [-0.05, 0) is 23.4 Å². The van der Waals surface area contributed by atoms with E-state index in [4.69, 9.17) is 4.74 Å². The van der Waals surface area contributed by atoms with Gasteiger partial charge in [-0.15, -0.1) is 0 Å². The highest BCUT2D eigenvalue weighted by atomic mass is 16.5. The molecule has 0 N–H and O–H groups in total. The fourth-order valence-electron chi connectivity index (χ4n) is 2.26. The second-order valence-electron chi connectivity index (χ2n) is 5.00. The number of hydrogen-bond acceptors (Lipinski definition) is 2. The number of benzene rings is 2. The minimum Gasteiger partial charge on any atom is -0.496 e. The highest BCUT2D eigenvalue weighted by Gasteiger charge is 2.14. The lowest BCUT2D eigenvalue weighted by atomic mass is 9.94. The zero-order valence-electron chi connectivity index (χ0n) is 11.8. The van der Waals surface area contributed by atoms with E-state index in [1.807, 2.05) is 36.4 Å². The predicted octanol–water partition coefficient (Wildman–Crippen LogP) is 4.47. The molecule has 2 heteroatoms. The molecule has 1 atom stereocenters. The first-order valence-corrected chi connectivity index (χ1v) is 6.76. The Morgan fingerprint density at radius 2 is 1.84 bits per heavy atom.